The van der Waals surface area contributed by atoms with Crippen LogP contribution in [0.5, 0.6) is 0 Å². The summed E-state index contributed by atoms with van der Waals surface area (Å²) >= 11 is 1.16. The van der Waals surface area contributed by atoms with Crippen LogP contribution in [0.1, 0.15) is 40.8 Å². The molecule has 8 heteroatoms. The van der Waals surface area contributed by atoms with Crippen LogP contribution in [0.4, 0.5) is 0 Å². The summed E-state index contributed by atoms with van der Waals surface area (Å²) in [6.45, 7) is 6.12. The number of hydrogen-bond donors (Lipinski definition) is 2. The van der Waals surface area contributed by atoms with Crippen LogP contribution in [0.2, 0.25) is 0 Å². The van der Waals surface area contributed by atoms with Gasteiger partial charge in [0.1, 0.15) is 10.7 Å². The number of fused-ring (bicyclic) bond motifs is 1. The van der Waals surface area contributed by atoms with Crippen molar-refractivity contribution in [2.75, 3.05) is 6.54 Å². The van der Waals surface area contributed by atoms with Crippen molar-refractivity contribution in [1.82, 2.24) is 14.9 Å². The van der Waals surface area contributed by atoms with E-state index < -0.39 is 5.97 Å². The average Bonchev–Trinajstić information content (AvgIpc) is 2.80. The number of carboxylic acids is 1. The number of hydrogen-bond acceptors (Lipinski definition) is 5. The highest BCUT2D eigenvalue weighted by Gasteiger charge is 2.20. The number of nitrogens with zero attached hydrogens (tertiary/aromatic N) is 2. The minimum atomic E-state index is -0.974. The number of nitrogens with one attached hydrogen (secondary N) is 1. The van der Waals surface area contributed by atoms with Gasteiger partial charge in [-0.15, -0.1) is 11.3 Å². The quantitative estimate of drug-likeness (QED) is 0.835. The Hall–Kier alpha value is -2.22. The van der Waals surface area contributed by atoms with Gasteiger partial charge >= 0.3 is 5.97 Å². The maximum atomic E-state index is 12.6. The van der Waals surface area contributed by atoms with Crippen molar-refractivity contribution in [2.45, 2.75) is 40.2 Å². The van der Waals surface area contributed by atoms with Crippen LogP contribution >= 0.6 is 11.3 Å². The molecule has 23 heavy (non-hydrogen) atoms. The van der Waals surface area contributed by atoms with Crippen molar-refractivity contribution in [3.05, 3.63) is 26.6 Å². The number of aliphatic carboxylic acids is 1. The van der Waals surface area contributed by atoms with Gasteiger partial charge in [-0.2, -0.15) is 0 Å². The molecule has 2 heterocycles. The van der Waals surface area contributed by atoms with E-state index >= 15 is 0 Å². The second-order valence-electron chi connectivity index (χ2n) is 5.25. The summed E-state index contributed by atoms with van der Waals surface area (Å²) in [6.07, 6.45) is 0.677. The molecule has 0 aliphatic rings. The van der Waals surface area contributed by atoms with Crippen molar-refractivity contribution in [1.29, 1.82) is 0 Å². The first kappa shape index (κ1) is 17.1. The van der Waals surface area contributed by atoms with Crippen LogP contribution in [-0.4, -0.2) is 33.1 Å². The highest BCUT2D eigenvalue weighted by atomic mass is 32.1. The third-order valence-electron chi connectivity index (χ3n) is 3.52. The van der Waals surface area contributed by atoms with E-state index in [0.29, 0.717) is 33.0 Å². The maximum absolute atomic E-state index is 12.6. The maximum Gasteiger partial charge on any atom is 0.305 e. The highest BCUT2D eigenvalue weighted by Crippen LogP contribution is 2.27. The normalized spacial score (nSPS) is 10.9. The van der Waals surface area contributed by atoms with Crippen LogP contribution in [0.3, 0.4) is 0 Å². The molecule has 0 unspecified atom stereocenters. The van der Waals surface area contributed by atoms with E-state index in [4.69, 9.17) is 5.11 Å². The Kier molecular flexibility index (Phi) is 5.15. The van der Waals surface area contributed by atoms with Gasteiger partial charge in [0, 0.05) is 13.1 Å². The summed E-state index contributed by atoms with van der Waals surface area (Å²) in [7, 11) is 0. The number of aryl methyl sites for hydroxylation is 2. The fourth-order valence-corrected chi connectivity index (χ4v) is 3.52. The lowest BCUT2D eigenvalue weighted by Gasteiger charge is -2.07. The number of aromatic nitrogens is 2. The van der Waals surface area contributed by atoms with Crippen molar-refractivity contribution in [3.63, 3.8) is 0 Å². The Bertz CT molecular complexity index is 822. The molecule has 0 saturated carbocycles. The molecule has 124 valence electrons. The summed E-state index contributed by atoms with van der Waals surface area (Å²) in [4.78, 5) is 40.7. The largest absolute Gasteiger partial charge is 0.481 e. The highest BCUT2D eigenvalue weighted by molar-refractivity contribution is 7.20. The van der Waals surface area contributed by atoms with Gasteiger partial charge in [0.15, 0.2) is 0 Å². The molecule has 0 aliphatic heterocycles. The number of amides is 1. The Labute approximate surface area is 137 Å². The molecule has 1 amide bonds. The number of rotatable bonds is 6. The number of carbonyl (C=O) groups excluding carboxylic acids is 1. The SMILES string of the molecule is CCCn1c(C)nc2sc(C(=O)NCCC(=O)O)c(C)c2c1=O. The molecular formula is C15H19N3O4S. The lowest BCUT2D eigenvalue weighted by molar-refractivity contribution is -0.136. The molecule has 0 radical (unpaired) electrons. The average molecular weight is 337 g/mol. The molecule has 0 aromatic carbocycles. The first-order chi connectivity index (χ1) is 10.9. The Balaban J connectivity index is 2.42. The molecule has 0 bridgehead atoms. The molecule has 0 fully saturated rings. The minimum Gasteiger partial charge on any atom is -0.481 e. The standard InChI is InChI=1S/C15H19N3O4S/c1-4-7-18-9(3)17-14-11(15(18)22)8(2)12(23-14)13(21)16-6-5-10(19)20/h4-7H2,1-3H3,(H,16,21)(H,19,20). The zero-order valence-electron chi connectivity index (χ0n) is 13.3. The fourth-order valence-electron chi connectivity index (χ4n) is 2.38. The van der Waals surface area contributed by atoms with Gasteiger partial charge in [0.2, 0.25) is 0 Å². The first-order valence-corrected chi connectivity index (χ1v) is 8.19. The number of thiophene rings is 1. The van der Waals surface area contributed by atoms with E-state index in [0.717, 1.165) is 17.8 Å². The lowest BCUT2D eigenvalue weighted by atomic mass is 10.2. The van der Waals surface area contributed by atoms with Crippen LogP contribution in [0, 0.1) is 13.8 Å². The second kappa shape index (κ2) is 6.91. The van der Waals surface area contributed by atoms with Crippen LogP contribution in [0.15, 0.2) is 4.79 Å². The van der Waals surface area contributed by atoms with Crippen molar-refractivity contribution >= 4 is 33.4 Å². The van der Waals surface area contributed by atoms with Gasteiger partial charge in [-0.05, 0) is 25.8 Å². The van der Waals surface area contributed by atoms with Gasteiger partial charge in [0.05, 0.1) is 16.7 Å². The van der Waals surface area contributed by atoms with E-state index in [9.17, 15) is 14.4 Å². The molecule has 2 N–H and O–H groups in total. The second-order valence-corrected chi connectivity index (χ2v) is 6.25. The third-order valence-corrected chi connectivity index (χ3v) is 4.70. The summed E-state index contributed by atoms with van der Waals surface area (Å²) in [5.41, 5.74) is 0.466. The predicted molar refractivity (Wildman–Crippen MR) is 88.2 cm³/mol. The topological polar surface area (TPSA) is 101 Å². The number of carbonyl (C=O) groups is 2. The Morgan fingerprint density at radius 3 is 2.65 bits per heavy atom. The van der Waals surface area contributed by atoms with Crippen molar-refractivity contribution in [2.24, 2.45) is 0 Å². The van der Waals surface area contributed by atoms with Gasteiger partial charge in [-0.25, -0.2) is 4.98 Å². The fraction of sp³-hybridized carbons (Fsp3) is 0.467. The monoisotopic (exact) mass is 337 g/mol. The van der Waals surface area contributed by atoms with Crippen LogP contribution < -0.4 is 10.9 Å². The number of carboxylic acid groups (broad SMARTS) is 1. The third kappa shape index (κ3) is 3.42. The van der Waals surface area contributed by atoms with E-state index in [1.807, 2.05) is 6.92 Å². The van der Waals surface area contributed by atoms with Gasteiger partial charge in [-0.3, -0.25) is 19.0 Å². The van der Waals surface area contributed by atoms with Crippen LogP contribution in [0.25, 0.3) is 10.2 Å². The lowest BCUT2D eigenvalue weighted by Crippen LogP contribution is -2.26. The van der Waals surface area contributed by atoms with Gasteiger partial charge in [0.25, 0.3) is 11.5 Å². The van der Waals surface area contributed by atoms with Crippen molar-refractivity contribution in [3.8, 4) is 0 Å². The summed E-state index contributed by atoms with van der Waals surface area (Å²) in [6, 6.07) is 0. The zero-order valence-corrected chi connectivity index (χ0v) is 14.1. The molecule has 2 aromatic rings. The smallest absolute Gasteiger partial charge is 0.305 e. The summed E-state index contributed by atoms with van der Waals surface area (Å²) in [5.74, 6) is -0.715. The van der Waals surface area contributed by atoms with Crippen molar-refractivity contribution < 1.29 is 14.7 Å². The summed E-state index contributed by atoms with van der Waals surface area (Å²) in [5, 5.41) is 11.6. The Morgan fingerprint density at radius 2 is 2.04 bits per heavy atom. The molecular weight excluding hydrogens is 318 g/mol. The van der Waals surface area contributed by atoms with E-state index in [1.165, 1.54) is 0 Å². The molecule has 2 rings (SSSR count). The molecule has 7 nitrogen and oxygen atoms in total. The van der Waals surface area contributed by atoms with Gasteiger partial charge in [-0.1, -0.05) is 6.92 Å². The molecule has 0 atom stereocenters. The molecule has 2 aromatic heterocycles. The Morgan fingerprint density at radius 1 is 1.35 bits per heavy atom. The molecule has 0 saturated heterocycles. The predicted octanol–water partition coefficient (Wildman–Crippen LogP) is 1.69. The van der Waals surface area contributed by atoms with Crippen LogP contribution in [-0.2, 0) is 11.3 Å². The van der Waals surface area contributed by atoms with E-state index in [-0.39, 0.29) is 24.4 Å². The minimum absolute atomic E-state index is 0.0500. The first-order valence-electron chi connectivity index (χ1n) is 7.37. The molecule has 0 aliphatic carbocycles. The molecule has 0 spiro atoms. The zero-order chi connectivity index (χ0) is 17.1. The van der Waals surface area contributed by atoms with Gasteiger partial charge < -0.3 is 10.4 Å². The van der Waals surface area contributed by atoms with E-state index in [1.54, 1.807) is 18.4 Å². The summed E-state index contributed by atoms with van der Waals surface area (Å²) < 4.78 is 1.62. The van der Waals surface area contributed by atoms with E-state index in [2.05, 4.69) is 10.3 Å².